The van der Waals surface area contributed by atoms with Crippen LogP contribution in [0.1, 0.15) is 69.0 Å². The summed E-state index contributed by atoms with van der Waals surface area (Å²) >= 11 is 1.19. The van der Waals surface area contributed by atoms with Gasteiger partial charge in [-0.15, -0.1) is 0 Å². The Hall–Kier alpha value is -3.15. The molecular formula is C33H39FN8OS. The smallest absolute Gasteiger partial charge is 0.319 e. The van der Waals surface area contributed by atoms with Gasteiger partial charge in [0.1, 0.15) is 23.5 Å². The summed E-state index contributed by atoms with van der Waals surface area (Å²) in [6, 6.07) is 4.57. The van der Waals surface area contributed by atoms with Crippen molar-refractivity contribution in [2.24, 2.45) is 5.92 Å². The number of nitrogens with one attached hydrogen (secondary N) is 1. The topological polar surface area (TPSA) is 105 Å². The molecule has 0 radical (unpaired) electrons. The van der Waals surface area contributed by atoms with E-state index in [0.717, 1.165) is 104 Å². The van der Waals surface area contributed by atoms with Gasteiger partial charge in [-0.25, -0.2) is 14.4 Å². The van der Waals surface area contributed by atoms with Crippen molar-refractivity contribution in [1.82, 2.24) is 30.2 Å². The lowest BCUT2D eigenvalue weighted by Crippen LogP contribution is -2.52. The Balaban J connectivity index is 1.24. The second kappa shape index (κ2) is 9.92. The average molecular weight is 615 g/mol. The van der Waals surface area contributed by atoms with Crippen molar-refractivity contribution in [2.75, 3.05) is 43.4 Å². The van der Waals surface area contributed by atoms with Gasteiger partial charge in [0.15, 0.2) is 10.9 Å². The number of benzene rings is 1. The van der Waals surface area contributed by atoms with Crippen LogP contribution in [0.4, 0.5) is 15.3 Å². The number of halogens is 1. The van der Waals surface area contributed by atoms with Crippen molar-refractivity contribution in [3.05, 3.63) is 29.2 Å². The first-order valence-corrected chi connectivity index (χ1v) is 17.1. The molecule has 9 nitrogen and oxygen atoms in total. The fourth-order valence-electron chi connectivity index (χ4n) is 8.94. The van der Waals surface area contributed by atoms with Gasteiger partial charge in [-0.05, 0) is 87.9 Å². The molecule has 0 spiro atoms. The van der Waals surface area contributed by atoms with Crippen molar-refractivity contribution in [3.63, 3.8) is 0 Å². The maximum absolute atomic E-state index is 14.9. The number of hydrogen-bond donors (Lipinski definition) is 2. The largest absolute Gasteiger partial charge is 0.461 e. The van der Waals surface area contributed by atoms with Gasteiger partial charge in [-0.2, -0.15) is 9.97 Å². The molecule has 1 saturated carbocycles. The highest BCUT2D eigenvalue weighted by atomic mass is 32.1. The molecule has 0 amide bonds. The first kappa shape index (κ1) is 27.2. The van der Waals surface area contributed by atoms with Gasteiger partial charge in [0.05, 0.1) is 15.8 Å². The molecule has 4 aliphatic heterocycles. The molecule has 7 heterocycles. The van der Waals surface area contributed by atoms with Gasteiger partial charge in [0.25, 0.3) is 0 Å². The fraction of sp³-hybridized carbons (Fsp3) is 0.576. The van der Waals surface area contributed by atoms with Crippen LogP contribution in [0.2, 0.25) is 0 Å². The third kappa shape index (κ3) is 4.15. The van der Waals surface area contributed by atoms with Crippen LogP contribution in [0.25, 0.3) is 32.4 Å². The number of anilines is 2. The van der Waals surface area contributed by atoms with E-state index in [9.17, 15) is 4.39 Å². The van der Waals surface area contributed by atoms with E-state index < -0.39 is 0 Å². The van der Waals surface area contributed by atoms with Crippen molar-refractivity contribution in [1.29, 1.82) is 0 Å². The van der Waals surface area contributed by atoms with Crippen molar-refractivity contribution in [3.8, 4) is 17.1 Å². The molecule has 1 aromatic carbocycles. The SMILES string of the molecule is Cc1nc2c(N3C4CCC3CNC4)nc(OC[C@@]34CCCN3CC(C)C4)nc2c(C2CC2)c1-c1ccc(F)c2sc(N)nc12. The van der Waals surface area contributed by atoms with Gasteiger partial charge < -0.3 is 20.7 Å². The van der Waals surface area contributed by atoms with E-state index in [1.165, 1.54) is 23.8 Å². The molecule has 9 rings (SSSR count). The van der Waals surface area contributed by atoms with Crippen molar-refractivity contribution in [2.45, 2.75) is 82.3 Å². The minimum atomic E-state index is -0.298. The lowest BCUT2D eigenvalue weighted by Gasteiger charge is -2.37. The zero-order valence-corrected chi connectivity index (χ0v) is 26.2. The molecule has 3 aromatic heterocycles. The number of hydrogen-bond acceptors (Lipinski definition) is 10. The quantitative estimate of drug-likeness (QED) is 0.295. The van der Waals surface area contributed by atoms with E-state index >= 15 is 0 Å². The molecule has 1 aliphatic carbocycles. The summed E-state index contributed by atoms with van der Waals surface area (Å²) in [6.07, 6.45) is 7.98. The number of nitrogens with zero attached hydrogens (tertiary/aromatic N) is 6. The van der Waals surface area contributed by atoms with E-state index in [0.29, 0.717) is 51.9 Å². The molecule has 4 atom stereocenters. The van der Waals surface area contributed by atoms with Crippen LogP contribution >= 0.6 is 11.3 Å². The molecule has 5 aliphatic rings. The molecule has 4 aromatic rings. The summed E-state index contributed by atoms with van der Waals surface area (Å²) in [5.41, 5.74) is 12.4. The standard InChI is InChI=1S/C33H39FN8OS/c1-17-12-33(10-3-11-41(33)15-17)16-43-32-39-27-25(19-4-5-19)24(22-8-9-23(34)29-26(22)38-31(35)44-29)18(2)37-28(27)30(40-32)42-20-6-7-21(42)14-36-13-20/h8-9,17,19-21,36H,3-7,10-16H2,1-2H3,(H2,35,38)/t17?,20?,21?,33-/m0/s1. The molecular weight excluding hydrogens is 575 g/mol. The number of thiazole rings is 1. The lowest BCUT2D eigenvalue weighted by atomic mass is 9.91. The van der Waals surface area contributed by atoms with Crippen LogP contribution in [0.15, 0.2) is 12.1 Å². The fourth-order valence-corrected chi connectivity index (χ4v) is 9.71. The van der Waals surface area contributed by atoms with Crippen LogP contribution in [0.3, 0.4) is 0 Å². The highest BCUT2D eigenvalue weighted by molar-refractivity contribution is 7.22. The number of pyridine rings is 1. The predicted molar refractivity (Wildman–Crippen MR) is 172 cm³/mol. The maximum atomic E-state index is 14.9. The van der Waals surface area contributed by atoms with Gasteiger partial charge >= 0.3 is 6.01 Å². The van der Waals surface area contributed by atoms with Crippen molar-refractivity contribution < 1.29 is 9.13 Å². The van der Waals surface area contributed by atoms with Gasteiger partial charge in [0, 0.05) is 48.5 Å². The zero-order chi connectivity index (χ0) is 29.7. The Labute approximate surface area is 260 Å². The van der Waals surface area contributed by atoms with Gasteiger partial charge in [-0.3, -0.25) is 4.90 Å². The molecule has 2 bridgehead atoms. The van der Waals surface area contributed by atoms with E-state index in [4.69, 9.17) is 25.4 Å². The number of aromatic nitrogens is 4. The summed E-state index contributed by atoms with van der Waals surface area (Å²) in [5.74, 6) is 1.62. The third-order valence-electron chi connectivity index (χ3n) is 10.9. The average Bonchev–Trinajstić information content (AvgIpc) is 3.43. The number of rotatable bonds is 6. The summed E-state index contributed by atoms with van der Waals surface area (Å²) in [4.78, 5) is 25.4. The van der Waals surface area contributed by atoms with Crippen LogP contribution in [0.5, 0.6) is 6.01 Å². The summed E-state index contributed by atoms with van der Waals surface area (Å²) in [7, 11) is 0. The van der Waals surface area contributed by atoms with E-state index in [1.807, 2.05) is 6.07 Å². The molecule has 11 heteroatoms. The number of nitrogen functional groups attached to an aromatic ring is 1. The Morgan fingerprint density at radius 2 is 1.89 bits per heavy atom. The summed E-state index contributed by atoms with van der Waals surface area (Å²) < 4.78 is 22.1. The zero-order valence-electron chi connectivity index (χ0n) is 25.4. The number of aryl methyl sites for hydroxylation is 1. The normalized spacial score (nSPS) is 28.4. The molecule has 230 valence electrons. The van der Waals surface area contributed by atoms with E-state index in [-0.39, 0.29) is 11.4 Å². The summed E-state index contributed by atoms with van der Waals surface area (Å²) in [5, 5.41) is 3.98. The molecule has 5 fully saturated rings. The van der Waals surface area contributed by atoms with Crippen molar-refractivity contribution >= 4 is 43.5 Å². The first-order chi connectivity index (χ1) is 21.4. The number of fused-ring (bicyclic) bond motifs is 5. The second-order valence-electron chi connectivity index (χ2n) is 13.9. The second-order valence-corrected chi connectivity index (χ2v) is 15.0. The highest BCUT2D eigenvalue weighted by Crippen LogP contribution is 2.51. The Kier molecular flexibility index (Phi) is 6.13. The number of ether oxygens (including phenoxy) is 1. The van der Waals surface area contributed by atoms with E-state index in [1.54, 1.807) is 0 Å². The third-order valence-corrected chi connectivity index (χ3v) is 11.8. The lowest BCUT2D eigenvalue weighted by molar-refractivity contribution is 0.107. The Morgan fingerprint density at radius 3 is 2.68 bits per heavy atom. The molecule has 44 heavy (non-hydrogen) atoms. The van der Waals surface area contributed by atoms with Gasteiger partial charge in [0.2, 0.25) is 0 Å². The minimum absolute atomic E-state index is 0.0756. The predicted octanol–water partition coefficient (Wildman–Crippen LogP) is 5.40. The van der Waals surface area contributed by atoms with Crippen LogP contribution in [0, 0.1) is 18.7 Å². The minimum Gasteiger partial charge on any atom is -0.461 e. The van der Waals surface area contributed by atoms with Crippen LogP contribution in [-0.2, 0) is 0 Å². The number of piperazine rings is 1. The maximum Gasteiger partial charge on any atom is 0.319 e. The number of nitrogens with two attached hydrogens (primary N) is 1. The molecule has 4 saturated heterocycles. The summed E-state index contributed by atoms with van der Waals surface area (Å²) in [6.45, 7) is 9.19. The Morgan fingerprint density at radius 1 is 1.07 bits per heavy atom. The first-order valence-electron chi connectivity index (χ1n) is 16.3. The molecule has 3 unspecified atom stereocenters. The van der Waals surface area contributed by atoms with E-state index in [2.05, 4.69) is 33.9 Å². The molecule has 3 N–H and O–H groups in total. The van der Waals surface area contributed by atoms with Gasteiger partial charge in [-0.1, -0.05) is 18.3 Å². The van der Waals surface area contributed by atoms with Crippen LogP contribution < -0.4 is 20.7 Å². The monoisotopic (exact) mass is 614 g/mol. The highest BCUT2D eigenvalue weighted by Gasteiger charge is 2.48. The van der Waals surface area contributed by atoms with Crippen LogP contribution in [-0.4, -0.2) is 75.2 Å². The Bertz CT molecular complexity index is 1790.